The fraction of sp³-hybridized carbons (Fsp3) is 0.333. The molecule has 0 unspecified atom stereocenters. The summed E-state index contributed by atoms with van der Waals surface area (Å²) < 4.78 is 7.68. The number of aryl methyl sites for hydroxylation is 2. The number of hydrogen-bond acceptors (Lipinski definition) is 5. The van der Waals surface area contributed by atoms with E-state index in [1.54, 1.807) is 17.3 Å². The Bertz CT molecular complexity index is 936. The lowest BCUT2D eigenvalue weighted by molar-refractivity contribution is -0.0250. The van der Waals surface area contributed by atoms with Crippen LogP contribution in [0.1, 0.15) is 33.7 Å². The maximum absolute atomic E-state index is 12.9. The zero-order valence-electron chi connectivity index (χ0n) is 14.2. The Morgan fingerprint density at radius 2 is 2.08 bits per heavy atom. The molecule has 4 heterocycles. The number of pyridine rings is 1. The summed E-state index contributed by atoms with van der Waals surface area (Å²) in [6.07, 6.45) is 5.22. The zero-order valence-corrected chi connectivity index (χ0v) is 14.2. The Balaban J connectivity index is 1.56. The van der Waals surface area contributed by atoms with Crippen molar-refractivity contribution < 1.29 is 9.53 Å². The number of carbonyl (C=O) groups is 1. The van der Waals surface area contributed by atoms with Crippen LogP contribution in [0, 0.1) is 13.8 Å². The minimum absolute atomic E-state index is 0.0829. The molecule has 0 aliphatic carbocycles. The Morgan fingerprint density at radius 3 is 2.92 bits per heavy atom. The third kappa shape index (κ3) is 3.10. The summed E-state index contributed by atoms with van der Waals surface area (Å²) in [7, 11) is 0. The van der Waals surface area contributed by atoms with Crippen LogP contribution in [-0.2, 0) is 4.74 Å². The molecule has 7 nitrogen and oxygen atoms in total. The quantitative estimate of drug-likeness (QED) is 0.715. The van der Waals surface area contributed by atoms with Gasteiger partial charge in [0, 0.05) is 25.1 Å². The van der Waals surface area contributed by atoms with Gasteiger partial charge in [-0.25, -0.2) is 15.0 Å². The highest BCUT2D eigenvalue weighted by Crippen LogP contribution is 2.22. The minimum Gasteiger partial charge on any atom is -0.368 e. The van der Waals surface area contributed by atoms with Crippen molar-refractivity contribution >= 4 is 11.6 Å². The smallest absolute Gasteiger partial charge is 0.274 e. The molecule has 0 aromatic carbocycles. The van der Waals surface area contributed by atoms with Gasteiger partial charge in [0.1, 0.15) is 23.3 Å². The van der Waals surface area contributed by atoms with Crippen molar-refractivity contribution in [3.8, 4) is 0 Å². The van der Waals surface area contributed by atoms with Gasteiger partial charge in [0.2, 0.25) is 0 Å². The zero-order chi connectivity index (χ0) is 17.4. The normalized spacial score (nSPS) is 17.8. The number of carbonyl (C=O) groups excluding carboxylic acids is 1. The minimum atomic E-state index is -0.237. The molecule has 0 N–H and O–H groups in total. The van der Waals surface area contributed by atoms with E-state index < -0.39 is 0 Å². The van der Waals surface area contributed by atoms with Crippen LogP contribution < -0.4 is 0 Å². The number of aromatic nitrogens is 4. The first-order valence-electron chi connectivity index (χ1n) is 8.26. The van der Waals surface area contributed by atoms with E-state index >= 15 is 0 Å². The molecule has 0 radical (unpaired) electrons. The highest BCUT2D eigenvalue weighted by molar-refractivity contribution is 5.93. The molecule has 0 bridgehead atoms. The summed E-state index contributed by atoms with van der Waals surface area (Å²) in [5.41, 5.74) is 3.14. The number of rotatable bonds is 2. The van der Waals surface area contributed by atoms with Crippen LogP contribution in [0.25, 0.3) is 5.65 Å². The second-order valence-corrected chi connectivity index (χ2v) is 6.24. The van der Waals surface area contributed by atoms with Crippen LogP contribution in [0.5, 0.6) is 0 Å². The summed E-state index contributed by atoms with van der Waals surface area (Å²) in [4.78, 5) is 27.6. The summed E-state index contributed by atoms with van der Waals surface area (Å²) in [6.45, 7) is 5.34. The molecule has 128 valence electrons. The Morgan fingerprint density at radius 1 is 1.20 bits per heavy atom. The van der Waals surface area contributed by atoms with E-state index in [9.17, 15) is 4.79 Å². The Kier molecular flexibility index (Phi) is 3.93. The average Bonchev–Trinajstić information content (AvgIpc) is 3.04. The van der Waals surface area contributed by atoms with Crippen molar-refractivity contribution in [1.82, 2.24) is 24.3 Å². The first kappa shape index (κ1) is 15.7. The van der Waals surface area contributed by atoms with Gasteiger partial charge in [-0.15, -0.1) is 0 Å². The summed E-state index contributed by atoms with van der Waals surface area (Å²) in [6, 6.07) is 5.73. The fourth-order valence-electron chi connectivity index (χ4n) is 3.03. The average molecular weight is 337 g/mol. The number of fused-ring (bicyclic) bond motifs is 1. The number of imidazole rings is 1. The van der Waals surface area contributed by atoms with Crippen LogP contribution >= 0.6 is 0 Å². The standard InChI is InChI=1S/C18H19N5O2/c1-12-3-4-17-21-15(10-23(17)9-12)18(24)22-7-8-25-16(11-22)14-5-6-19-13(2)20-14/h3-6,9-10,16H,7-8,11H2,1-2H3/t16-/m0/s1. The molecular formula is C18H19N5O2. The molecule has 1 aliphatic heterocycles. The lowest BCUT2D eigenvalue weighted by Gasteiger charge is -2.32. The van der Waals surface area contributed by atoms with Crippen molar-refractivity contribution in [2.75, 3.05) is 19.7 Å². The van der Waals surface area contributed by atoms with Crippen molar-refractivity contribution in [2.24, 2.45) is 0 Å². The van der Waals surface area contributed by atoms with Gasteiger partial charge in [0.25, 0.3) is 5.91 Å². The molecule has 0 saturated carbocycles. The van der Waals surface area contributed by atoms with Gasteiger partial charge in [-0.05, 0) is 31.5 Å². The third-order valence-corrected chi connectivity index (χ3v) is 4.30. The largest absolute Gasteiger partial charge is 0.368 e. The van der Waals surface area contributed by atoms with Crippen molar-refractivity contribution in [3.05, 3.63) is 59.6 Å². The van der Waals surface area contributed by atoms with Gasteiger partial charge in [0.15, 0.2) is 0 Å². The molecule has 3 aromatic rings. The maximum atomic E-state index is 12.9. The van der Waals surface area contributed by atoms with E-state index in [4.69, 9.17) is 4.74 Å². The van der Waals surface area contributed by atoms with Crippen molar-refractivity contribution in [1.29, 1.82) is 0 Å². The number of amides is 1. The summed E-state index contributed by atoms with van der Waals surface area (Å²) in [5, 5.41) is 0. The number of morpholine rings is 1. The van der Waals surface area contributed by atoms with Gasteiger partial charge in [-0.1, -0.05) is 6.07 Å². The topological polar surface area (TPSA) is 72.6 Å². The SMILES string of the molecule is Cc1ccc2nc(C(=O)N3CCO[C@H](c4ccnc(C)n4)C3)cn2c1. The molecule has 3 aromatic heterocycles. The molecule has 1 amide bonds. The Labute approximate surface area is 145 Å². The van der Waals surface area contributed by atoms with Crippen LogP contribution in [0.2, 0.25) is 0 Å². The van der Waals surface area contributed by atoms with Gasteiger partial charge in [-0.2, -0.15) is 0 Å². The number of ether oxygens (including phenoxy) is 1. The van der Waals surface area contributed by atoms with Gasteiger partial charge in [-0.3, -0.25) is 4.79 Å². The number of nitrogens with zero attached hydrogens (tertiary/aromatic N) is 5. The molecule has 25 heavy (non-hydrogen) atoms. The lowest BCUT2D eigenvalue weighted by Crippen LogP contribution is -2.42. The van der Waals surface area contributed by atoms with Crippen LogP contribution in [-0.4, -0.2) is 49.9 Å². The highest BCUT2D eigenvalue weighted by atomic mass is 16.5. The Hall–Kier alpha value is -2.80. The highest BCUT2D eigenvalue weighted by Gasteiger charge is 2.28. The summed E-state index contributed by atoms with van der Waals surface area (Å²) >= 11 is 0. The first-order valence-corrected chi connectivity index (χ1v) is 8.26. The predicted molar refractivity (Wildman–Crippen MR) is 91.3 cm³/mol. The summed E-state index contributed by atoms with van der Waals surface area (Å²) in [5.74, 6) is 0.612. The van der Waals surface area contributed by atoms with E-state index in [-0.39, 0.29) is 12.0 Å². The van der Waals surface area contributed by atoms with Gasteiger partial charge in [0.05, 0.1) is 18.8 Å². The van der Waals surface area contributed by atoms with Crippen LogP contribution in [0.3, 0.4) is 0 Å². The van der Waals surface area contributed by atoms with E-state index in [1.165, 1.54) is 0 Å². The molecule has 1 atom stereocenters. The molecule has 1 fully saturated rings. The molecule has 1 saturated heterocycles. The maximum Gasteiger partial charge on any atom is 0.274 e. The van der Waals surface area contributed by atoms with E-state index in [1.807, 2.05) is 42.6 Å². The fourth-order valence-corrected chi connectivity index (χ4v) is 3.03. The molecule has 4 rings (SSSR count). The first-order chi connectivity index (χ1) is 12.1. The van der Waals surface area contributed by atoms with Gasteiger partial charge >= 0.3 is 0 Å². The molecule has 1 aliphatic rings. The third-order valence-electron chi connectivity index (χ3n) is 4.30. The van der Waals surface area contributed by atoms with E-state index in [2.05, 4.69) is 15.0 Å². The second kappa shape index (κ2) is 6.25. The van der Waals surface area contributed by atoms with Crippen LogP contribution in [0.4, 0.5) is 0 Å². The predicted octanol–water partition coefficient (Wildman–Crippen LogP) is 1.95. The molecule has 0 spiro atoms. The van der Waals surface area contributed by atoms with Crippen molar-refractivity contribution in [2.45, 2.75) is 20.0 Å². The lowest BCUT2D eigenvalue weighted by atomic mass is 10.2. The van der Waals surface area contributed by atoms with Gasteiger partial charge < -0.3 is 14.0 Å². The molecule has 7 heteroatoms. The van der Waals surface area contributed by atoms with E-state index in [0.29, 0.717) is 31.2 Å². The molecular weight excluding hydrogens is 318 g/mol. The van der Waals surface area contributed by atoms with Crippen molar-refractivity contribution in [3.63, 3.8) is 0 Å². The number of hydrogen-bond donors (Lipinski definition) is 0. The van der Waals surface area contributed by atoms with Crippen LogP contribution in [0.15, 0.2) is 36.8 Å². The monoisotopic (exact) mass is 337 g/mol. The second-order valence-electron chi connectivity index (χ2n) is 6.24. The van der Waals surface area contributed by atoms with E-state index in [0.717, 1.165) is 16.9 Å².